The lowest BCUT2D eigenvalue weighted by Gasteiger charge is -2.32. The lowest BCUT2D eigenvalue weighted by Crippen LogP contribution is -2.40. The Balaban J connectivity index is 1.57. The van der Waals surface area contributed by atoms with Gasteiger partial charge in [-0.3, -0.25) is 9.20 Å². The average molecular weight is 356 g/mol. The number of alkyl halides is 3. The number of piperidine rings is 1. The quantitative estimate of drug-likeness (QED) is 0.772. The van der Waals surface area contributed by atoms with Crippen molar-refractivity contribution < 1.29 is 22.7 Å². The Morgan fingerprint density at radius 3 is 2.96 bits per heavy atom. The maximum atomic E-state index is 12.2. The van der Waals surface area contributed by atoms with Crippen molar-refractivity contribution in [2.45, 2.75) is 31.4 Å². The third-order valence-electron chi connectivity index (χ3n) is 4.21. The summed E-state index contributed by atoms with van der Waals surface area (Å²) in [6.45, 7) is -0.457. The summed E-state index contributed by atoms with van der Waals surface area (Å²) in [5, 5.41) is 8.37. The van der Waals surface area contributed by atoms with Gasteiger partial charge in [0.2, 0.25) is 5.91 Å². The molecule has 1 saturated heterocycles. The molecule has 1 aliphatic heterocycles. The number of halogens is 3. The van der Waals surface area contributed by atoms with Gasteiger partial charge in [0.05, 0.1) is 13.0 Å². The van der Waals surface area contributed by atoms with Gasteiger partial charge in [-0.05, 0) is 25.0 Å². The molecular weight excluding hydrogens is 337 g/mol. The normalized spacial score (nSPS) is 18.7. The number of aromatic nitrogens is 3. The van der Waals surface area contributed by atoms with Crippen LogP contribution < -0.4 is 0 Å². The highest BCUT2D eigenvalue weighted by molar-refractivity contribution is 5.76. The van der Waals surface area contributed by atoms with Gasteiger partial charge in [0.25, 0.3) is 0 Å². The number of nitrogens with zero attached hydrogens (tertiary/aromatic N) is 4. The summed E-state index contributed by atoms with van der Waals surface area (Å²) in [4.78, 5) is 13.9. The van der Waals surface area contributed by atoms with Gasteiger partial charge in [0.15, 0.2) is 5.65 Å². The highest BCUT2D eigenvalue weighted by Crippen LogP contribution is 2.26. The zero-order valence-corrected chi connectivity index (χ0v) is 13.6. The topological polar surface area (TPSA) is 59.7 Å². The van der Waals surface area contributed by atoms with E-state index in [-0.39, 0.29) is 24.9 Å². The number of hydrogen-bond acceptors (Lipinski definition) is 4. The molecule has 0 spiro atoms. The zero-order valence-electron chi connectivity index (χ0n) is 13.6. The van der Waals surface area contributed by atoms with Crippen molar-refractivity contribution >= 4 is 11.6 Å². The van der Waals surface area contributed by atoms with E-state index in [1.807, 2.05) is 28.8 Å². The van der Waals surface area contributed by atoms with E-state index >= 15 is 0 Å². The van der Waals surface area contributed by atoms with Crippen LogP contribution in [-0.4, -0.2) is 57.9 Å². The smallest absolute Gasteiger partial charge is 0.372 e. The van der Waals surface area contributed by atoms with E-state index in [0.29, 0.717) is 13.1 Å². The molecule has 0 saturated carbocycles. The third-order valence-corrected chi connectivity index (χ3v) is 4.21. The average Bonchev–Trinajstić information content (AvgIpc) is 3.02. The Morgan fingerprint density at radius 2 is 2.16 bits per heavy atom. The van der Waals surface area contributed by atoms with Crippen LogP contribution >= 0.6 is 0 Å². The van der Waals surface area contributed by atoms with Gasteiger partial charge in [-0.25, -0.2) is 0 Å². The lowest BCUT2D eigenvalue weighted by molar-refractivity contribution is -0.175. The van der Waals surface area contributed by atoms with Crippen LogP contribution in [0.25, 0.3) is 5.65 Å². The molecule has 1 amide bonds. The van der Waals surface area contributed by atoms with Crippen LogP contribution in [0.3, 0.4) is 0 Å². The molecular formula is C16H19F3N4O2. The fourth-order valence-corrected chi connectivity index (χ4v) is 3.06. The molecule has 0 aliphatic carbocycles. The number of rotatable bonds is 5. The van der Waals surface area contributed by atoms with Crippen LogP contribution in [0.4, 0.5) is 13.2 Å². The molecule has 9 heteroatoms. The van der Waals surface area contributed by atoms with E-state index in [4.69, 9.17) is 0 Å². The van der Waals surface area contributed by atoms with Crippen molar-refractivity contribution in [1.82, 2.24) is 19.5 Å². The van der Waals surface area contributed by atoms with Crippen LogP contribution in [-0.2, 0) is 9.53 Å². The van der Waals surface area contributed by atoms with E-state index in [9.17, 15) is 18.0 Å². The molecule has 0 aromatic carbocycles. The Morgan fingerprint density at radius 1 is 1.32 bits per heavy atom. The van der Waals surface area contributed by atoms with Gasteiger partial charge >= 0.3 is 6.18 Å². The molecule has 3 rings (SSSR count). The van der Waals surface area contributed by atoms with Crippen molar-refractivity contribution in [2.75, 3.05) is 26.3 Å². The van der Waals surface area contributed by atoms with E-state index in [1.54, 1.807) is 4.90 Å². The molecule has 136 valence electrons. The highest BCUT2D eigenvalue weighted by Gasteiger charge is 2.29. The molecule has 1 atom stereocenters. The molecule has 0 bridgehead atoms. The summed E-state index contributed by atoms with van der Waals surface area (Å²) in [5.74, 6) is 0.674. The van der Waals surface area contributed by atoms with Crippen molar-refractivity contribution in [3.63, 3.8) is 0 Å². The largest absolute Gasteiger partial charge is 0.411 e. The first-order chi connectivity index (χ1) is 11.9. The van der Waals surface area contributed by atoms with Gasteiger partial charge in [-0.1, -0.05) is 6.07 Å². The molecule has 2 aromatic heterocycles. The highest BCUT2D eigenvalue weighted by atomic mass is 19.4. The number of likely N-dealkylation sites (tertiary alicyclic amines) is 1. The van der Waals surface area contributed by atoms with Crippen LogP contribution in [0.2, 0.25) is 0 Å². The Bertz CT molecular complexity index is 731. The first kappa shape index (κ1) is 17.7. The van der Waals surface area contributed by atoms with E-state index in [1.165, 1.54) is 0 Å². The molecule has 1 aliphatic rings. The minimum Gasteiger partial charge on any atom is -0.372 e. The number of pyridine rings is 1. The predicted octanol–water partition coefficient (Wildman–Crippen LogP) is 2.40. The molecule has 2 aromatic rings. The van der Waals surface area contributed by atoms with Crippen molar-refractivity contribution in [1.29, 1.82) is 0 Å². The third kappa shape index (κ3) is 4.47. The van der Waals surface area contributed by atoms with E-state index in [0.717, 1.165) is 24.3 Å². The van der Waals surface area contributed by atoms with Gasteiger partial charge in [0, 0.05) is 25.2 Å². The first-order valence-corrected chi connectivity index (χ1v) is 8.16. The Labute approximate surface area is 142 Å². The number of fused-ring (bicyclic) bond motifs is 1. The minimum atomic E-state index is -4.37. The summed E-state index contributed by atoms with van der Waals surface area (Å²) in [7, 11) is 0. The van der Waals surface area contributed by atoms with Crippen LogP contribution in [0.15, 0.2) is 24.4 Å². The van der Waals surface area contributed by atoms with Gasteiger partial charge in [-0.2, -0.15) is 13.2 Å². The van der Waals surface area contributed by atoms with Crippen LogP contribution in [0.5, 0.6) is 0 Å². The van der Waals surface area contributed by atoms with Gasteiger partial charge in [0.1, 0.15) is 12.4 Å². The predicted molar refractivity (Wildman–Crippen MR) is 83.0 cm³/mol. The van der Waals surface area contributed by atoms with E-state index in [2.05, 4.69) is 14.9 Å². The van der Waals surface area contributed by atoms with Crippen molar-refractivity contribution in [3.8, 4) is 0 Å². The van der Waals surface area contributed by atoms with Crippen LogP contribution in [0, 0.1) is 0 Å². The maximum absolute atomic E-state index is 12.2. The van der Waals surface area contributed by atoms with Gasteiger partial charge < -0.3 is 9.64 Å². The summed E-state index contributed by atoms with van der Waals surface area (Å²) in [5.41, 5.74) is 0.751. The molecule has 0 radical (unpaired) electrons. The zero-order chi connectivity index (χ0) is 17.9. The fourth-order valence-electron chi connectivity index (χ4n) is 3.06. The van der Waals surface area contributed by atoms with E-state index < -0.39 is 12.8 Å². The molecule has 1 unspecified atom stereocenters. The second-order valence-electron chi connectivity index (χ2n) is 6.08. The standard InChI is InChI=1S/C16H19F3N4O2/c17-16(18,19)11-25-9-6-14(24)22-7-3-4-12(10-22)15-21-20-13-5-1-2-8-23(13)15/h1-2,5,8,12H,3-4,6-7,9-11H2. The number of amides is 1. The summed E-state index contributed by atoms with van der Waals surface area (Å²) in [6.07, 6.45) is -0.820. The number of hydrogen-bond donors (Lipinski definition) is 0. The Hall–Kier alpha value is -2.16. The van der Waals surface area contributed by atoms with Crippen molar-refractivity contribution in [2.24, 2.45) is 0 Å². The van der Waals surface area contributed by atoms with Gasteiger partial charge in [-0.15, -0.1) is 10.2 Å². The molecule has 25 heavy (non-hydrogen) atoms. The molecule has 3 heterocycles. The number of carbonyl (C=O) groups excluding carboxylic acids is 1. The molecule has 0 N–H and O–H groups in total. The monoisotopic (exact) mass is 356 g/mol. The summed E-state index contributed by atoms with van der Waals surface area (Å²) < 4.78 is 42.5. The van der Waals surface area contributed by atoms with Crippen LogP contribution in [0.1, 0.15) is 31.0 Å². The Kier molecular flexibility index (Phi) is 5.22. The second-order valence-corrected chi connectivity index (χ2v) is 6.08. The molecule has 1 fully saturated rings. The number of carbonyl (C=O) groups is 1. The molecule has 6 nitrogen and oxygen atoms in total. The number of ether oxygens (including phenoxy) is 1. The SMILES string of the molecule is O=C(CCOCC(F)(F)F)N1CCCC(c2nnc3ccccn23)C1. The maximum Gasteiger partial charge on any atom is 0.411 e. The summed E-state index contributed by atoms with van der Waals surface area (Å²) >= 11 is 0. The summed E-state index contributed by atoms with van der Waals surface area (Å²) in [6, 6.07) is 5.63. The first-order valence-electron chi connectivity index (χ1n) is 8.16. The second kappa shape index (κ2) is 7.38. The fraction of sp³-hybridized carbons (Fsp3) is 0.562. The minimum absolute atomic E-state index is 0.0522. The van der Waals surface area contributed by atoms with Crippen molar-refractivity contribution in [3.05, 3.63) is 30.2 Å². The lowest BCUT2D eigenvalue weighted by atomic mass is 9.97.